The van der Waals surface area contributed by atoms with Crippen molar-refractivity contribution >= 4 is 17.5 Å². The first-order valence-electron chi connectivity index (χ1n) is 6.73. The highest BCUT2D eigenvalue weighted by molar-refractivity contribution is 5.80. The van der Waals surface area contributed by atoms with Crippen LogP contribution in [0.5, 0.6) is 0 Å². The summed E-state index contributed by atoms with van der Waals surface area (Å²) < 4.78 is 0. The Morgan fingerprint density at radius 2 is 2.00 bits per heavy atom. The molecule has 1 aliphatic heterocycles. The van der Waals surface area contributed by atoms with Gasteiger partial charge in [0.25, 0.3) is 0 Å². The zero-order valence-corrected chi connectivity index (χ0v) is 11.5. The van der Waals surface area contributed by atoms with Crippen molar-refractivity contribution in [3.05, 3.63) is 63.8 Å². The van der Waals surface area contributed by atoms with E-state index in [1.165, 1.54) is 23.2 Å². The predicted molar refractivity (Wildman–Crippen MR) is 78.6 cm³/mol. The smallest absolute Gasteiger partial charge is 0.326 e. The number of fused-ring (bicyclic) bond motifs is 1. The fourth-order valence-corrected chi connectivity index (χ4v) is 2.72. The van der Waals surface area contributed by atoms with Crippen molar-refractivity contribution < 1.29 is 14.8 Å². The van der Waals surface area contributed by atoms with Gasteiger partial charge >= 0.3 is 11.7 Å². The molecule has 1 atom stereocenters. The number of aromatic nitrogens is 1. The maximum absolute atomic E-state index is 11.6. The number of hydrogen-bond acceptors (Lipinski definition) is 5. The lowest BCUT2D eigenvalue weighted by Gasteiger charge is -2.34. The van der Waals surface area contributed by atoms with Gasteiger partial charge in [-0.15, -0.1) is 0 Å². The van der Waals surface area contributed by atoms with E-state index in [4.69, 9.17) is 0 Å². The molecular formula is C15H13N3O4. The number of nitrogens with zero attached hydrogens (tertiary/aromatic N) is 3. The number of nitro groups is 1. The summed E-state index contributed by atoms with van der Waals surface area (Å²) >= 11 is 0. The molecule has 2 aromatic rings. The van der Waals surface area contributed by atoms with Gasteiger partial charge in [0, 0.05) is 25.2 Å². The Morgan fingerprint density at radius 1 is 1.27 bits per heavy atom. The average Bonchev–Trinajstić information content (AvgIpc) is 2.53. The third-order valence-corrected chi connectivity index (χ3v) is 3.77. The third-order valence-electron chi connectivity index (χ3n) is 3.77. The van der Waals surface area contributed by atoms with Crippen molar-refractivity contribution in [2.24, 2.45) is 0 Å². The Morgan fingerprint density at radius 3 is 2.68 bits per heavy atom. The summed E-state index contributed by atoms with van der Waals surface area (Å²) in [7, 11) is 0. The highest BCUT2D eigenvalue weighted by Crippen LogP contribution is 2.32. The maximum atomic E-state index is 11.6. The van der Waals surface area contributed by atoms with Crippen LogP contribution in [0, 0.1) is 10.1 Å². The Bertz CT molecular complexity index is 747. The van der Waals surface area contributed by atoms with Gasteiger partial charge in [0.1, 0.15) is 6.04 Å². The van der Waals surface area contributed by atoms with E-state index in [1.807, 2.05) is 24.3 Å². The second-order valence-corrected chi connectivity index (χ2v) is 5.06. The van der Waals surface area contributed by atoms with Crippen molar-refractivity contribution in [2.75, 3.05) is 4.90 Å². The van der Waals surface area contributed by atoms with Crippen LogP contribution in [0.15, 0.2) is 42.6 Å². The lowest BCUT2D eigenvalue weighted by Crippen LogP contribution is -2.46. The van der Waals surface area contributed by atoms with Crippen molar-refractivity contribution in [3.8, 4) is 0 Å². The number of carbonyl (C=O) groups is 1. The van der Waals surface area contributed by atoms with Crippen LogP contribution in [-0.4, -0.2) is 27.0 Å². The lowest BCUT2D eigenvalue weighted by molar-refractivity contribution is -0.384. The molecule has 2 heterocycles. The zero-order valence-electron chi connectivity index (χ0n) is 11.5. The summed E-state index contributed by atoms with van der Waals surface area (Å²) in [5, 5.41) is 20.7. The molecular weight excluding hydrogens is 286 g/mol. The van der Waals surface area contributed by atoms with Crippen molar-refractivity contribution in [3.63, 3.8) is 0 Å². The van der Waals surface area contributed by atoms with E-state index in [-0.39, 0.29) is 18.1 Å². The number of hydrogen-bond donors (Lipinski definition) is 1. The minimum Gasteiger partial charge on any atom is -0.480 e. The number of benzene rings is 1. The molecule has 0 aliphatic carbocycles. The van der Waals surface area contributed by atoms with Gasteiger partial charge in [0.15, 0.2) is 0 Å². The van der Waals surface area contributed by atoms with Gasteiger partial charge in [-0.2, -0.15) is 0 Å². The number of rotatable bonds is 3. The van der Waals surface area contributed by atoms with Crippen LogP contribution >= 0.6 is 0 Å². The number of aliphatic carboxylic acids is 1. The van der Waals surface area contributed by atoms with Crippen LogP contribution in [0.1, 0.15) is 11.1 Å². The van der Waals surface area contributed by atoms with Crippen LogP contribution in [0.4, 0.5) is 11.5 Å². The molecule has 1 aromatic heterocycles. The molecule has 1 aliphatic rings. The summed E-state index contributed by atoms with van der Waals surface area (Å²) in [6.45, 7) is 0.283. The van der Waals surface area contributed by atoms with Gasteiger partial charge in [-0.25, -0.2) is 9.78 Å². The van der Waals surface area contributed by atoms with E-state index in [2.05, 4.69) is 4.98 Å². The molecule has 7 heteroatoms. The number of carboxylic acid groups (broad SMARTS) is 1. The molecule has 0 fully saturated rings. The average molecular weight is 299 g/mol. The van der Waals surface area contributed by atoms with Gasteiger partial charge in [-0.05, 0) is 17.2 Å². The zero-order chi connectivity index (χ0) is 15.7. The van der Waals surface area contributed by atoms with Crippen LogP contribution in [0.25, 0.3) is 0 Å². The molecule has 1 unspecified atom stereocenters. The standard InChI is InChI=1S/C15H13N3O4/c19-15(20)13-8-10-4-1-2-5-11(10)9-17(13)14-12(18(21)22)6-3-7-16-14/h1-7,13H,8-9H2,(H,19,20). The summed E-state index contributed by atoms with van der Waals surface area (Å²) in [6.07, 6.45) is 1.72. The molecule has 7 nitrogen and oxygen atoms in total. The van der Waals surface area contributed by atoms with Gasteiger partial charge in [-0.3, -0.25) is 10.1 Å². The quantitative estimate of drug-likeness (QED) is 0.688. The summed E-state index contributed by atoms with van der Waals surface area (Å²) in [6, 6.07) is 9.44. The molecule has 0 bridgehead atoms. The lowest BCUT2D eigenvalue weighted by atomic mass is 9.94. The van der Waals surface area contributed by atoms with Gasteiger partial charge in [0.2, 0.25) is 5.82 Å². The maximum Gasteiger partial charge on any atom is 0.326 e. The predicted octanol–water partition coefficient (Wildman–Crippen LogP) is 2.01. The minimum atomic E-state index is -1.02. The Kier molecular flexibility index (Phi) is 3.46. The molecule has 0 spiro atoms. The SMILES string of the molecule is O=C(O)C1Cc2ccccc2CN1c1ncccc1[N+](=O)[O-]. The van der Waals surface area contributed by atoms with Crippen LogP contribution in [-0.2, 0) is 17.8 Å². The Hall–Kier alpha value is -2.96. The fraction of sp³-hybridized carbons (Fsp3) is 0.200. The minimum absolute atomic E-state index is 0.0920. The Labute approximate surface area is 126 Å². The number of pyridine rings is 1. The molecule has 1 aromatic carbocycles. The topological polar surface area (TPSA) is 96.6 Å². The highest BCUT2D eigenvalue weighted by atomic mass is 16.6. The summed E-state index contributed by atoms with van der Waals surface area (Å²) in [4.78, 5) is 27.8. The van der Waals surface area contributed by atoms with Crippen LogP contribution in [0.3, 0.4) is 0 Å². The van der Waals surface area contributed by atoms with Crippen LogP contribution < -0.4 is 4.90 Å². The number of carboxylic acids is 1. The largest absolute Gasteiger partial charge is 0.480 e. The van der Waals surface area contributed by atoms with Gasteiger partial charge in [-0.1, -0.05) is 24.3 Å². The summed E-state index contributed by atoms with van der Waals surface area (Å²) in [5.41, 5.74) is 1.72. The fourth-order valence-electron chi connectivity index (χ4n) is 2.72. The molecule has 112 valence electrons. The van der Waals surface area contributed by atoms with Crippen LogP contribution in [0.2, 0.25) is 0 Å². The van der Waals surface area contributed by atoms with Crippen molar-refractivity contribution in [1.82, 2.24) is 4.98 Å². The molecule has 0 radical (unpaired) electrons. The molecule has 1 N–H and O–H groups in total. The van der Waals surface area contributed by atoms with Crippen molar-refractivity contribution in [2.45, 2.75) is 19.0 Å². The molecule has 3 rings (SSSR count). The van der Waals surface area contributed by atoms with E-state index >= 15 is 0 Å². The van der Waals surface area contributed by atoms with Gasteiger partial charge < -0.3 is 10.0 Å². The third kappa shape index (κ3) is 2.37. The van der Waals surface area contributed by atoms with E-state index in [9.17, 15) is 20.0 Å². The molecule has 0 saturated heterocycles. The molecule has 0 amide bonds. The normalized spacial score (nSPS) is 16.9. The van der Waals surface area contributed by atoms with E-state index < -0.39 is 16.9 Å². The highest BCUT2D eigenvalue weighted by Gasteiger charge is 2.35. The second-order valence-electron chi connectivity index (χ2n) is 5.06. The van der Waals surface area contributed by atoms with E-state index in [0.29, 0.717) is 6.42 Å². The van der Waals surface area contributed by atoms with Crippen molar-refractivity contribution in [1.29, 1.82) is 0 Å². The van der Waals surface area contributed by atoms with E-state index in [1.54, 1.807) is 0 Å². The first-order valence-corrected chi connectivity index (χ1v) is 6.73. The first-order chi connectivity index (χ1) is 10.6. The monoisotopic (exact) mass is 299 g/mol. The second kappa shape index (κ2) is 5.44. The summed E-state index contributed by atoms with van der Waals surface area (Å²) in [5.74, 6) is -0.927. The van der Waals surface area contributed by atoms with E-state index in [0.717, 1.165) is 11.1 Å². The Balaban J connectivity index is 2.09. The van der Waals surface area contributed by atoms with Gasteiger partial charge in [0.05, 0.1) is 4.92 Å². The first kappa shape index (κ1) is 14.0. The molecule has 0 saturated carbocycles. The molecule has 22 heavy (non-hydrogen) atoms. The number of anilines is 1.